The fraction of sp³-hybridized carbons (Fsp3) is 0. The van der Waals surface area contributed by atoms with E-state index in [4.69, 9.17) is 22.3 Å². The fourth-order valence-electron chi connectivity index (χ4n) is 5.63. The monoisotopic (exact) mass is 654 g/mol. The number of hydrogen-bond acceptors (Lipinski definition) is 4. The zero-order chi connectivity index (χ0) is 42.1. The summed E-state index contributed by atoms with van der Waals surface area (Å²) in [6, 6.07) is 29.6. The van der Waals surface area contributed by atoms with Gasteiger partial charge in [-0.05, 0) is 51.5 Å². The van der Waals surface area contributed by atoms with Crippen molar-refractivity contribution in [3.05, 3.63) is 176 Å². The third-order valence-electron chi connectivity index (χ3n) is 8.12. The molecule has 0 bridgehead atoms. The lowest BCUT2D eigenvalue weighted by molar-refractivity contribution is 1.07. The zero-order valence-electron chi connectivity index (χ0n) is 36.6. The minimum atomic E-state index is -0.608. The van der Waals surface area contributed by atoms with Crippen molar-refractivity contribution < 1.29 is 15.1 Å². The van der Waals surface area contributed by atoms with Crippen molar-refractivity contribution in [1.29, 1.82) is 0 Å². The molecule has 230 valence electrons. The first kappa shape index (κ1) is 19.6. The summed E-state index contributed by atoms with van der Waals surface area (Å²) in [6.07, 6.45) is 0. The van der Waals surface area contributed by atoms with Crippen molar-refractivity contribution in [2.75, 3.05) is 0 Å². The van der Waals surface area contributed by atoms with Crippen molar-refractivity contribution in [3.63, 3.8) is 0 Å². The molecule has 9 rings (SSSR count). The summed E-state index contributed by atoms with van der Waals surface area (Å²) in [5.41, 5.74) is 4.49. The number of benzene rings is 7. The molecule has 0 amide bonds. The van der Waals surface area contributed by atoms with Gasteiger partial charge in [0.25, 0.3) is 0 Å². The molecule has 0 radical (unpaired) electrons. The molecule has 0 fully saturated rings. The van der Waals surface area contributed by atoms with Gasteiger partial charge in [-0.15, -0.1) is 11.3 Å². The fourth-order valence-corrected chi connectivity index (χ4v) is 6.60. The van der Waals surface area contributed by atoms with Gasteiger partial charge in [0, 0.05) is 36.9 Å². The molecule has 7 aromatic carbocycles. The van der Waals surface area contributed by atoms with Crippen molar-refractivity contribution in [2.24, 2.45) is 0 Å². The Morgan fingerprint density at radius 1 is 0.347 bits per heavy atom. The normalized spacial score (nSPS) is 14.4. The Labute approximate surface area is 304 Å². The molecule has 3 nitrogen and oxygen atoms in total. The van der Waals surface area contributed by atoms with Crippen LogP contribution in [-0.2, 0) is 0 Å². The van der Waals surface area contributed by atoms with Crippen LogP contribution < -0.4 is 0 Å². The number of rotatable bonds is 6. The van der Waals surface area contributed by atoms with Gasteiger partial charge in [-0.25, -0.2) is 15.0 Å². The van der Waals surface area contributed by atoms with E-state index in [-0.39, 0.29) is 66.4 Å². The summed E-state index contributed by atoms with van der Waals surface area (Å²) in [4.78, 5) is 14.2. The molecular weight excluding hydrogens is 615 g/mol. The molecule has 49 heavy (non-hydrogen) atoms. The third-order valence-corrected chi connectivity index (χ3v) is 9.14. The Hall–Kier alpha value is -6.23. The predicted octanol–water partition coefficient (Wildman–Crippen LogP) is 12.2. The second kappa shape index (κ2) is 12.4. The molecule has 2 aromatic heterocycles. The molecule has 0 atom stereocenters. The molecule has 2 heterocycles. The number of fused-ring (bicyclic) bond motifs is 3. The predicted molar refractivity (Wildman–Crippen MR) is 205 cm³/mol. The maximum Gasteiger partial charge on any atom is 0.164 e. The van der Waals surface area contributed by atoms with Gasteiger partial charge >= 0.3 is 0 Å². The van der Waals surface area contributed by atoms with Gasteiger partial charge in [0.05, 0.1) is 15.1 Å². The lowest BCUT2D eigenvalue weighted by Gasteiger charge is -2.10. The SMILES string of the molecule is [2H]c1c([2H])c(-c2nc(-c3ccccc3)nc(-c3ccc(-c4ccc(-c5ccccc5)cc4)cc3)n2)c([2H])c(-c2c([2H])c([2H])c3c(sc4c([2H])c([2H])c([2H])c([2H])c43)c2[2H])c1[2H]. The first-order valence-electron chi connectivity index (χ1n) is 21.0. The quantitative estimate of drug-likeness (QED) is 0.179. The van der Waals surface area contributed by atoms with Crippen LogP contribution in [0.4, 0.5) is 0 Å². The molecule has 0 unspecified atom stereocenters. The smallest absolute Gasteiger partial charge is 0.164 e. The van der Waals surface area contributed by atoms with Gasteiger partial charge in [0.2, 0.25) is 0 Å². The van der Waals surface area contributed by atoms with Gasteiger partial charge in [0.15, 0.2) is 17.5 Å². The van der Waals surface area contributed by atoms with E-state index in [1.54, 1.807) is 12.1 Å². The second-order valence-electron chi connectivity index (χ2n) is 11.2. The van der Waals surface area contributed by atoms with Crippen LogP contribution in [0.1, 0.15) is 15.1 Å². The first-order chi connectivity index (χ1) is 28.8. The van der Waals surface area contributed by atoms with Crippen LogP contribution >= 0.6 is 11.3 Å². The molecule has 0 saturated heterocycles. The highest BCUT2D eigenvalue weighted by Crippen LogP contribution is 2.37. The molecule has 9 aromatic rings. The van der Waals surface area contributed by atoms with Crippen LogP contribution in [0.3, 0.4) is 0 Å². The van der Waals surface area contributed by atoms with Crippen LogP contribution in [0.2, 0.25) is 0 Å². The largest absolute Gasteiger partial charge is 0.208 e. The van der Waals surface area contributed by atoms with Gasteiger partial charge in [0.1, 0.15) is 0 Å². The molecule has 0 N–H and O–H groups in total. The summed E-state index contributed by atoms with van der Waals surface area (Å²) >= 11 is 0.860. The molecule has 0 aliphatic heterocycles. The van der Waals surface area contributed by atoms with Crippen molar-refractivity contribution in [1.82, 2.24) is 15.0 Å². The van der Waals surface area contributed by atoms with Crippen LogP contribution in [0.25, 0.3) is 87.7 Å². The van der Waals surface area contributed by atoms with Crippen LogP contribution in [0.15, 0.2) is 176 Å². The summed E-state index contributed by atoms with van der Waals surface area (Å²) in [7, 11) is 0. The molecule has 0 spiro atoms. The van der Waals surface area contributed by atoms with Crippen molar-refractivity contribution in [3.8, 4) is 67.5 Å². The third kappa shape index (κ3) is 5.69. The minimum absolute atomic E-state index is 0.00734. The highest BCUT2D eigenvalue weighted by Gasteiger charge is 2.14. The number of thiophene rings is 1. The summed E-state index contributed by atoms with van der Waals surface area (Å²) in [6.45, 7) is 0. The second-order valence-corrected chi connectivity index (χ2v) is 12.2. The number of aromatic nitrogens is 3. The summed E-state index contributed by atoms with van der Waals surface area (Å²) < 4.78 is 97.3. The van der Waals surface area contributed by atoms with E-state index in [1.165, 1.54) is 0 Å². The van der Waals surface area contributed by atoms with E-state index in [9.17, 15) is 2.74 Å². The van der Waals surface area contributed by atoms with Crippen molar-refractivity contribution in [2.45, 2.75) is 0 Å². The standard InChI is InChI=1S/C45H29N3S/c1-3-10-30(11-4-1)31-18-20-32(21-19-31)33-22-24-35(25-23-33)44-46-43(34-12-5-2-6-13-34)47-45(48-44)38-15-9-14-36(28-38)37-26-27-40-39-16-7-8-17-41(39)49-42(40)29-37/h1-29H/i7D,8D,9D,14D,15D,16D,17D,26D,27D,28D,29D. The lowest BCUT2D eigenvalue weighted by atomic mass is 9.99. The van der Waals surface area contributed by atoms with Gasteiger partial charge in [-0.1, -0.05) is 158 Å². The van der Waals surface area contributed by atoms with E-state index >= 15 is 0 Å². The Morgan fingerprint density at radius 3 is 1.47 bits per heavy atom. The highest BCUT2D eigenvalue weighted by atomic mass is 32.1. The Balaban J connectivity index is 1.21. The van der Waals surface area contributed by atoms with E-state index < -0.39 is 54.4 Å². The maximum atomic E-state index is 9.49. The van der Waals surface area contributed by atoms with Gasteiger partial charge in [-0.2, -0.15) is 0 Å². The first-order valence-corrected chi connectivity index (χ1v) is 16.3. The molecule has 0 aliphatic rings. The Bertz CT molecular complexity index is 3200. The molecule has 0 saturated carbocycles. The Morgan fingerprint density at radius 2 is 0.816 bits per heavy atom. The average molecular weight is 655 g/mol. The number of nitrogens with zero attached hydrogens (tertiary/aromatic N) is 3. The molecule has 0 aliphatic carbocycles. The maximum absolute atomic E-state index is 9.49. The summed E-state index contributed by atoms with van der Waals surface area (Å²) in [5.74, 6) is 0.300. The Kier molecular flexibility index (Phi) is 4.96. The van der Waals surface area contributed by atoms with E-state index in [2.05, 4.69) is 41.4 Å². The van der Waals surface area contributed by atoms with Crippen molar-refractivity contribution >= 4 is 31.5 Å². The summed E-state index contributed by atoms with van der Waals surface area (Å²) in [5, 5.41) is 0.00680. The van der Waals surface area contributed by atoms with E-state index in [0.29, 0.717) is 11.1 Å². The molecular formula is C45H29N3S. The highest BCUT2D eigenvalue weighted by molar-refractivity contribution is 7.25. The van der Waals surface area contributed by atoms with Crippen LogP contribution in [0.5, 0.6) is 0 Å². The lowest BCUT2D eigenvalue weighted by Crippen LogP contribution is -2.00. The van der Waals surface area contributed by atoms with E-state index in [0.717, 1.165) is 33.6 Å². The minimum Gasteiger partial charge on any atom is -0.208 e. The average Bonchev–Trinajstić information content (AvgIpc) is 3.69. The number of hydrogen-bond donors (Lipinski definition) is 0. The zero-order valence-corrected chi connectivity index (χ0v) is 26.5. The van der Waals surface area contributed by atoms with Crippen LogP contribution in [0, 0.1) is 0 Å². The van der Waals surface area contributed by atoms with Gasteiger partial charge in [-0.3, -0.25) is 0 Å². The van der Waals surface area contributed by atoms with E-state index in [1.807, 2.05) is 60.7 Å². The van der Waals surface area contributed by atoms with Crippen LogP contribution in [-0.4, -0.2) is 15.0 Å². The molecule has 4 heteroatoms. The van der Waals surface area contributed by atoms with Gasteiger partial charge < -0.3 is 0 Å². The topological polar surface area (TPSA) is 38.7 Å².